The van der Waals surface area contributed by atoms with Crippen molar-refractivity contribution < 1.29 is 43.0 Å². The van der Waals surface area contributed by atoms with Gasteiger partial charge in [0, 0.05) is 6.42 Å². The number of carbonyl (C=O) groups is 5. The van der Waals surface area contributed by atoms with E-state index in [1.807, 2.05) is 0 Å². The second kappa shape index (κ2) is 8.43. The Morgan fingerprint density at radius 1 is 1.29 bits per heavy atom. The molecular formula is C16H21BrN2O9. The van der Waals surface area contributed by atoms with Gasteiger partial charge in [-0.3, -0.25) is 24.0 Å². The maximum atomic E-state index is 12.6. The number of carbonyl (C=O) groups excluding carboxylic acids is 5. The molecule has 1 N–H and O–H groups in total. The molecule has 2 aliphatic rings. The van der Waals surface area contributed by atoms with Crippen LogP contribution < -0.4 is 5.32 Å². The largest absolute Gasteiger partial charge is 0.427 e. The van der Waals surface area contributed by atoms with Crippen molar-refractivity contribution in [1.29, 1.82) is 0 Å². The summed E-state index contributed by atoms with van der Waals surface area (Å²) in [4.78, 5) is 65.3. The molecule has 0 spiro atoms. The number of hydrogen-bond acceptors (Lipinski definition) is 9. The van der Waals surface area contributed by atoms with E-state index in [2.05, 4.69) is 21.2 Å². The zero-order valence-corrected chi connectivity index (χ0v) is 17.2. The molecule has 2 amide bonds. The number of rotatable bonds is 6. The number of alkyl halides is 1. The second-order valence-electron chi connectivity index (χ2n) is 7.17. The van der Waals surface area contributed by atoms with Crippen LogP contribution in [-0.4, -0.2) is 65.3 Å². The van der Waals surface area contributed by atoms with E-state index in [0.717, 1.165) is 0 Å². The Kier molecular flexibility index (Phi) is 6.65. The van der Waals surface area contributed by atoms with E-state index in [0.29, 0.717) is 5.06 Å². The topological polar surface area (TPSA) is 138 Å². The summed E-state index contributed by atoms with van der Waals surface area (Å²) >= 11 is 2.96. The molecule has 12 heteroatoms. The molecule has 0 saturated carbocycles. The van der Waals surface area contributed by atoms with Crippen molar-refractivity contribution in [2.45, 2.75) is 45.4 Å². The quantitative estimate of drug-likeness (QED) is 0.320. The van der Waals surface area contributed by atoms with Crippen molar-refractivity contribution >= 4 is 45.7 Å². The van der Waals surface area contributed by atoms with Gasteiger partial charge in [0.25, 0.3) is 5.91 Å². The normalized spacial score (nSPS) is 24.7. The summed E-state index contributed by atoms with van der Waals surface area (Å²) < 4.78 is 14.8. The molecule has 0 radical (unpaired) electrons. The highest BCUT2D eigenvalue weighted by Gasteiger charge is 2.60. The molecule has 28 heavy (non-hydrogen) atoms. The fourth-order valence-corrected chi connectivity index (χ4v) is 2.60. The van der Waals surface area contributed by atoms with E-state index in [4.69, 9.17) is 19.0 Å². The van der Waals surface area contributed by atoms with Crippen LogP contribution in [0.3, 0.4) is 0 Å². The highest BCUT2D eigenvalue weighted by atomic mass is 79.9. The lowest BCUT2D eigenvalue weighted by atomic mass is 9.98. The van der Waals surface area contributed by atoms with Gasteiger partial charge in [0.2, 0.25) is 12.7 Å². The number of halogens is 1. The highest BCUT2D eigenvalue weighted by Crippen LogP contribution is 2.35. The first-order valence-electron chi connectivity index (χ1n) is 8.40. The summed E-state index contributed by atoms with van der Waals surface area (Å²) in [6, 6.07) is -1.05. The Balaban J connectivity index is 2.09. The van der Waals surface area contributed by atoms with Crippen molar-refractivity contribution in [3.63, 3.8) is 0 Å². The molecular weight excluding hydrogens is 444 g/mol. The van der Waals surface area contributed by atoms with Crippen LogP contribution in [-0.2, 0) is 43.0 Å². The standard InChI is InChI=1S/C16H21BrN2O9/c1-15(2,3)13(23)25-8-26-14(24)16(5-4-11(21)28-16)19-12(22)9(7-27-19)18-10(20)6-17/h9H,4-8H2,1-3H3,(H,18,20)/t9-,16?/m0/s1. The number of nitrogens with one attached hydrogen (secondary N) is 1. The van der Waals surface area contributed by atoms with Crippen LogP contribution in [0.15, 0.2) is 0 Å². The first kappa shape index (κ1) is 22.1. The predicted octanol–water partition coefficient (Wildman–Crippen LogP) is -0.237. The van der Waals surface area contributed by atoms with Crippen molar-refractivity contribution in [2.24, 2.45) is 5.41 Å². The SMILES string of the molecule is CC(C)(C)C(=O)OCOC(=O)C1(N2OC[C@H](NC(=O)CBr)C2=O)CCC(=O)O1. The third-order valence-corrected chi connectivity index (χ3v) is 4.42. The Morgan fingerprint density at radius 2 is 1.96 bits per heavy atom. The average molecular weight is 465 g/mol. The molecule has 0 aromatic heterocycles. The predicted molar refractivity (Wildman–Crippen MR) is 93.1 cm³/mol. The zero-order valence-electron chi connectivity index (χ0n) is 15.6. The van der Waals surface area contributed by atoms with Crippen LogP contribution in [0.2, 0.25) is 0 Å². The lowest BCUT2D eigenvalue weighted by Crippen LogP contribution is -2.57. The minimum absolute atomic E-state index is 0.0297. The van der Waals surface area contributed by atoms with Crippen LogP contribution in [0.25, 0.3) is 0 Å². The summed E-state index contributed by atoms with van der Waals surface area (Å²) in [5.41, 5.74) is -2.95. The van der Waals surface area contributed by atoms with Crippen molar-refractivity contribution in [2.75, 3.05) is 18.7 Å². The van der Waals surface area contributed by atoms with E-state index in [-0.39, 0.29) is 24.8 Å². The van der Waals surface area contributed by atoms with Gasteiger partial charge in [-0.2, -0.15) is 5.06 Å². The van der Waals surface area contributed by atoms with Crippen molar-refractivity contribution in [3.05, 3.63) is 0 Å². The Labute approximate surface area is 169 Å². The van der Waals surface area contributed by atoms with Crippen LogP contribution in [0.1, 0.15) is 33.6 Å². The fourth-order valence-electron chi connectivity index (χ4n) is 2.44. The molecule has 11 nitrogen and oxygen atoms in total. The minimum atomic E-state index is -2.14. The van der Waals surface area contributed by atoms with Crippen molar-refractivity contribution in [3.8, 4) is 0 Å². The summed E-state index contributed by atoms with van der Waals surface area (Å²) in [5.74, 6) is -3.69. The lowest BCUT2D eigenvalue weighted by Gasteiger charge is -2.32. The molecule has 0 aliphatic carbocycles. The molecule has 1 unspecified atom stereocenters. The number of amides is 2. The van der Waals surface area contributed by atoms with Gasteiger partial charge in [0.1, 0.15) is 12.6 Å². The Morgan fingerprint density at radius 3 is 2.50 bits per heavy atom. The molecule has 2 atom stereocenters. The third-order valence-electron chi connectivity index (χ3n) is 3.92. The van der Waals surface area contributed by atoms with Crippen LogP contribution >= 0.6 is 15.9 Å². The van der Waals surface area contributed by atoms with E-state index >= 15 is 0 Å². The molecule has 0 aromatic rings. The number of ether oxygens (including phenoxy) is 3. The van der Waals surface area contributed by atoms with Gasteiger partial charge in [0.15, 0.2) is 0 Å². The lowest BCUT2D eigenvalue weighted by molar-refractivity contribution is -0.262. The zero-order chi connectivity index (χ0) is 21.1. The number of cyclic esters (lactones) is 1. The molecule has 2 rings (SSSR count). The van der Waals surface area contributed by atoms with Crippen molar-refractivity contribution in [1.82, 2.24) is 10.4 Å². The first-order chi connectivity index (χ1) is 13.0. The van der Waals surface area contributed by atoms with Gasteiger partial charge < -0.3 is 19.5 Å². The van der Waals surface area contributed by atoms with E-state index in [9.17, 15) is 24.0 Å². The van der Waals surface area contributed by atoms with Crippen LogP contribution in [0, 0.1) is 5.41 Å². The molecule has 2 fully saturated rings. The van der Waals surface area contributed by atoms with Crippen LogP contribution in [0.4, 0.5) is 0 Å². The maximum absolute atomic E-state index is 12.6. The smallest absolute Gasteiger partial charge is 0.377 e. The first-order valence-corrected chi connectivity index (χ1v) is 9.52. The number of esters is 3. The molecule has 0 aromatic carbocycles. The molecule has 156 valence electrons. The number of nitrogens with zero attached hydrogens (tertiary/aromatic N) is 1. The van der Waals surface area contributed by atoms with Crippen LogP contribution in [0.5, 0.6) is 0 Å². The van der Waals surface area contributed by atoms with Gasteiger partial charge in [0.05, 0.1) is 17.2 Å². The molecule has 2 heterocycles. The number of hydroxylamine groups is 2. The highest BCUT2D eigenvalue weighted by molar-refractivity contribution is 9.09. The molecule has 2 aliphatic heterocycles. The van der Waals surface area contributed by atoms with E-state index in [1.54, 1.807) is 20.8 Å². The van der Waals surface area contributed by atoms with Gasteiger partial charge in [-0.15, -0.1) is 0 Å². The monoisotopic (exact) mass is 464 g/mol. The summed E-state index contributed by atoms with van der Waals surface area (Å²) in [5, 5.41) is 2.98. The van der Waals surface area contributed by atoms with E-state index in [1.165, 1.54) is 0 Å². The third kappa shape index (κ3) is 4.61. The molecule has 0 bridgehead atoms. The molecule has 2 saturated heterocycles. The Hall–Kier alpha value is -2.21. The van der Waals surface area contributed by atoms with Gasteiger partial charge >= 0.3 is 23.6 Å². The number of hydrogen-bond donors (Lipinski definition) is 1. The van der Waals surface area contributed by atoms with Gasteiger partial charge in [-0.1, -0.05) is 15.9 Å². The Bertz CT molecular complexity index is 690. The average Bonchev–Trinajstić information content (AvgIpc) is 3.18. The fraction of sp³-hybridized carbons (Fsp3) is 0.688. The van der Waals surface area contributed by atoms with Gasteiger partial charge in [-0.25, -0.2) is 4.79 Å². The maximum Gasteiger partial charge on any atom is 0.377 e. The summed E-state index contributed by atoms with van der Waals surface area (Å²) in [7, 11) is 0. The minimum Gasteiger partial charge on any atom is -0.427 e. The summed E-state index contributed by atoms with van der Waals surface area (Å²) in [6.45, 7) is 3.89. The second-order valence-corrected chi connectivity index (χ2v) is 7.73. The van der Waals surface area contributed by atoms with E-state index < -0.39 is 53.7 Å². The summed E-state index contributed by atoms with van der Waals surface area (Å²) in [6.07, 6.45) is -0.356. The van der Waals surface area contributed by atoms with Gasteiger partial charge in [-0.05, 0) is 20.8 Å².